The van der Waals surface area contributed by atoms with Crippen LogP contribution in [0.3, 0.4) is 0 Å². The molecule has 1 aliphatic heterocycles. The summed E-state index contributed by atoms with van der Waals surface area (Å²) in [5, 5.41) is 9.02. The molecule has 0 bridgehead atoms. The zero-order valence-corrected chi connectivity index (χ0v) is 9.00. The molecule has 1 fully saturated rings. The SMILES string of the molecule is C#CC1CC(CO)OC1n1ccc(=O)[nH]c1=O. The van der Waals surface area contributed by atoms with E-state index in [1.54, 1.807) is 0 Å². The number of ether oxygens (including phenoxy) is 1. The number of terminal acetylenes is 1. The van der Waals surface area contributed by atoms with Crippen LogP contribution in [0.25, 0.3) is 0 Å². The van der Waals surface area contributed by atoms with Gasteiger partial charge in [-0.15, -0.1) is 6.42 Å². The molecule has 0 spiro atoms. The van der Waals surface area contributed by atoms with Crippen molar-refractivity contribution < 1.29 is 9.84 Å². The summed E-state index contributed by atoms with van der Waals surface area (Å²) in [6.45, 7) is -0.146. The first-order chi connectivity index (χ1) is 8.15. The zero-order chi connectivity index (χ0) is 12.4. The van der Waals surface area contributed by atoms with Gasteiger partial charge < -0.3 is 9.84 Å². The molecular formula is C11H12N2O4. The first-order valence-electron chi connectivity index (χ1n) is 5.19. The van der Waals surface area contributed by atoms with Crippen LogP contribution in [0.4, 0.5) is 0 Å². The summed E-state index contributed by atoms with van der Waals surface area (Å²) in [5.41, 5.74) is -1.04. The van der Waals surface area contributed by atoms with Crippen LogP contribution in [-0.2, 0) is 4.74 Å². The van der Waals surface area contributed by atoms with Gasteiger partial charge in [0.1, 0.15) is 0 Å². The van der Waals surface area contributed by atoms with Crippen LogP contribution in [0, 0.1) is 18.3 Å². The van der Waals surface area contributed by atoms with E-state index >= 15 is 0 Å². The Labute approximate surface area is 96.9 Å². The average molecular weight is 236 g/mol. The van der Waals surface area contributed by atoms with Crippen molar-refractivity contribution in [2.45, 2.75) is 18.8 Å². The Bertz CT molecular complexity index is 554. The van der Waals surface area contributed by atoms with Gasteiger partial charge in [-0.2, -0.15) is 0 Å². The molecule has 1 aromatic heterocycles. The fourth-order valence-electron chi connectivity index (χ4n) is 1.90. The second-order valence-corrected chi connectivity index (χ2v) is 3.86. The highest BCUT2D eigenvalue weighted by Gasteiger charge is 2.35. The zero-order valence-electron chi connectivity index (χ0n) is 9.00. The van der Waals surface area contributed by atoms with E-state index < -0.39 is 17.5 Å². The summed E-state index contributed by atoms with van der Waals surface area (Å²) in [6, 6.07) is 1.23. The number of aliphatic hydroxyl groups excluding tert-OH is 1. The van der Waals surface area contributed by atoms with E-state index in [2.05, 4.69) is 10.9 Å². The van der Waals surface area contributed by atoms with Crippen LogP contribution in [0.1, 0.15) is 12.6 Å². The molecule has 0 amide bonds. The van der Waals surface area contributed by atoms with Crippen LogP contribution in [-0.4, -0.2) is 27.4 Å². The third-order valence-electron chi connectivity index (χ3n) is 2.74. The highest BCUT2D eigenvalue weighted by Crippen LogP contribution is 2.32. The van der Waals surface area contributed by atoms with E-state index in [9.17, 15) is 9.59 Å². The van der Waals surface area contributed by atoms with Crippen LogP contribution >= 0.6 is 0 Å². The standard InChI is InChI=1S/C11H12N2O4/c1-2-7-5-8(6-14)17-10(7)13-4-3-9(15)12-11(13)16/h1,3-4,7-8,10,14H,5-6H2,(H,12,15,16). The minimum atomic E-state index is -0.638. The van der Waals surface area contributed by atoms with E-state index in [-0.39, 0.29) is 18.6 Å². The lowest BCUT2D eigenvalue weighted by molar-refractivity contribution is -0.0304. The molecule has 6 heteroatoms. The van der Waals surface area contributed by atoms with E-state index in [4.69, 9.17) is 16.3 Å². The summed E-state index contributed by atoms with van der Waals surface area (Å²) in [7, 11) is 0. The minimum Gasteiger partial charge on any atom is -0.394 e. The Kier molecular flexibility index (Phi) is 3.13. The monoisotopic (exact) mass is 236 g/mol. The van der Waals surface area contributed by atoms with Crippen molar-refractivity contribution in [1.82, 2.24) is 9.55 Å². The second kappa shape index (κ2) is 4.57. The molecule has 0 radical (unpaired) electrons. The molecule has 2 N–H and O–H groups in total. The lowest BCUT2D eigenvalue weighted by atomic mass is 10.0. The van der Waals surface area contributed by atoms with Crippen molar-refractivity contribution in [1.29, 1.82) is 0 Å². The highest BCUT2D eigenvalue weighted by atomic mass is 16.5. The van der Waals surface area contributed by atoms with Gasteiger partial charge in [0.15, 0.2) is 6.23 Å². The third-order valence-corrected chi connectivity index (χ3v) is 2.74. The summed E-state index contributed by atoms with van der Waals surface area (Å²) in [5.74, 6) is 2.24. The number of aliphatic hydroxyl groups is 1. The predicted molar refractivity (Wildman–Crippen MR) is 59.3 cm³/mol. The Morgan fingerprint density at radius 3 is 3.00 bits per heavy atom. The summed E-state index contributed by atoms with van der Waals surface area (Å²) < 4.78 is 6.71. The summed E-state index contributed by atoms with van der Waals surface area (Å²) >= 11 is 0. The molecule has 3 atom stereocenters. The van der Waals surface area contributed by atoms with Gasteiger partial charge >= 0.3 is 5.69 Å². The lowest BCUT2D eigenvalue weighted by Gasteiger charge is -2.16. The summed E-state index contributed by atoms with van der Waals surface area (Å²) in [6.07, 6.45) is 6.18. The van der Waals surface area contributed by atoms with Gasteiger partial charge in [-0.3, -0.25) is 14.3 Å². The predicted octanol–water partition coefficient (Wildman–Crippen LogP) is -0.934. The molecule has 3 unspecified atom stereocenters. The topological polar surface area (TPSA) is 84.3 Å². The Morgan fingerprint density at radius 2 is 2.41 bits per heavy atom. The van der Waals surface area contributed by atoms with Crippen molar-refractivity contribution in [3.8, 4) is 12.3 Å². The molecule has 2 heterocycles. The van der Waals surface area contributed by atoms with Crippen LogP contribution in [0.5, 0.6) is 0 Å². The van der Waals surface area contributed by atoms with Gasteiger partial charge in [0.05, 0.1) is 18.6 Å². The van der Waals surface area contributed by atoms with Crippen LogP contribution in [0.15, 0.2) is 21.9 Å². The number of rotatable bonds is 2. The Hall–Kier alpha value is -1.84. The van der Waals surface area contributed by atoms with Crippen molar-refractivity contribution >= 4 is 0 Å². The Balaban J connectivity index is 2.36. The quantitative estimate of drug-likeness (QED) is 0.649. The van der Waals surface area contributed by atoms with Crippen molar-refractivity contribution in [2.75, 3.05) is 6.61 Å². The largest absolute Gasteiger partial charge is 0.394 e. The molecular weight excluding hydrogens is 224 g/mol. The number of hydrogen-bond donors (Lipinski definition) is 2. The number of nitrogens with one attached hydrogen (secondary N) is 1. The smallest absolute Gasteiger partial charge is 0.330 e. The van der Waals surface area contributed by atoms with E-state index in [0.29, 0.717) is 6.42 Å². The molecule has 0 aromatic carbocycles. The molecule has 1 saturated heterocycles. The molecule has 1 aromatic rings. The fourth-order valence-corrected chi connectivity index (χ4v) is 1.90. The first-order valence-corrected chi connectivity index (χ1v) is 5.19. The second-order valence-electron chi connectivity index (χ2n) is 3.86. The molecule has 17 heavy (non-hydrogen) atoms. The third kappa shape index (κ3) is 2.16. The van der Waals surface area contributed by atoms with Gasteiger partial charge in [0.25, 0.3) is 5.56 Å². The van der Waals surface area contributed by atoms with Crippen molar-refractivity contribution in [3.63, 3.8) is 0 Å². The number of H-pyrrole nitrogens is 1. The number of nitrogens with zero attached hydrogens (tertiary/aromatic N) is 1. The number of aromatic nitrogens is 2. The van der Waals surface area contributed by atoms with Crippen molar-refractivity contribution in [2.24, 2.45) is 5.92 Å². The maximum absolute atomic E-state index is 11.6. The maximum atomic E-state index is 11.6. The molecule has 1 aliphatic rings. The number of hydrogen-bond acceptors (Lipinski definition) is 4. The Morgan fingerprint density at radius 1 is 1.65 bits per heavy atom. The van der Waals surface area contributed by atoms with Gasteiger partial charge in [-0.05, 0) is 6.42 Å². The first kappa shape index (κ1) is 11.6. The van der Waals surface area contributed by atoms with Crippen LogP contribution < -0.4 is 11.2 Å². The van der Waals surface area contributed by atoms with E-state index in [1.807, 2.05) is 0 Å². The van der Waals surface area contributed by atoms with Crippen molar-refractivity contribution in [3.05, 3.63) is 33.1 Å². The highest BCUT2D eigenvalue weighted by molar-refractivity contribution is 5.01. The van der Waals surface area contributed by atoms with Crippen LogP contribution in [0.2, 0.25) is 0 Å². The van der Waals surface area contributed by atoms with Gasteiger partial charge in [0.2, 0.25) is 0 Å². The summed E-state index contributed by atoms with van der Waals surface area (Å²) in [4.78, 5) is 24.7. The molecule has 2 rings (SSSR count). The molecule has 90 valence electrons. The van der Waals surface area contributed by atoms with Gasteiger partial charge in [-0.25, -0.2) is 4.79 Å². The maximum Gasteiger partial charge on any atom is 0.330 e. The normalized spacial score (nSPS) is 27.9. The molecule has 0 saturated carbocycles. The fraction of sp³-hybridized carbons (Fsp3) is 0.455. The van der Waals surface area contributed by atoms with Gasteiger partial charge in [0, 0.05) is 12.3 Å². The minimum absolute atomic E-state index is 0.146. The van der Waals surface area contributed by atoms with E-state index in [0.717, 1.165) is 0 Å². The van der Waals surface area contributed by atoms with Gasteiger partial charge in [-0.1, -0.05) is 5.92 Å². The van der Waals surface area contributed by atoms with E-state index in [1.165, 1.54) is 16.8 Å². The lowest BCUT2D eigenvalue weighted by Crippen LogP contribution is -2.33. The molecule has 0 aliphatic carbocycles. The average Bonchev–Trinajstić information content (AvgIpc) is 2.72. The number of aromatic amines is 1. The molecule has 6 nitrogen and oxygen atoms in total.